The van der Waals surface area contributed by atoms with Crippen LogP contribution < -0.4 is 5.32 Å². The molecule has 0 atom stereocenters. The second-order valence-electron chi connectivity index (χ2n) is 7.24. The number of hydrogen-bond donors (Lipinski definition) is 1. The van der Waals surface area contributed by atoms with Crippen molar-refractivity contribution in [1.29, 1.82) is 0 Å². The molecule has 3 aromatic heterocycles. The Labute approximate surface area is 198 Å². The summed E-state index contributed by atoms with van der Waals surface area (Å²) in [6, 6.07) is 12.5. The van der Waals surface area contributed by atoms with Crippen LogP contribution in [0.1, 0.15) is 45.0 Å². The van der Waals surface area contributed by atoms with Crippen LogP contribution in [0.3, 0.4) is 0 Å². The van der Waals surface area contributed by atoms with Crippen molar-refractivity contribution in [2.45, 2.75) is 27.3 Å². The molecule has 0 bridgehead atoms. The predicted octanol–water partition coefficient (Wildman–Crippen LogP) is 4.52. The highest BCUT2D eigenvalue weighted by Gasteiger charge is 2.23. The fraction of sp³-hybridized carbons (Fsp3) is 0.217. The lowest BCUT2D eigenvalue weighted by molar-refractivity contribution is 0.0527. The van der Waals surface area contributed by atoms with Gasteiger partial charge in [-0.2, -0.15) is 10.2 Å². The van der Waals surface area contributed by atoms with E-state index in [2.05, 4.69) is 31.4 Å². The van der Waals surface area contributed by atoms with E-state index >= 15 is 0 Å². The number of aromatic nitrogens is 4. The van der Waals surface area contributed by atoms with Gasteiger partial charge in [0.1, 0.15) is 11.3 Å². The van der Waals surface area contributed by atoms with E-state index < -0.39 is 11.9 Å². The zero-order valence-corrected chi connectivity index (χ0v) is 19.9. The van der Waals surface area contributed by atoms with Crippen molar-refractivity contribution in [2.75, 3.05) is 11.9 Å². The highest BCUT2D eigenvalue weighted by molar-refractivity contribution is 9.10. The number of anilines is 1. The SMILES string of the molecule is CCOC(=O)c1cnn(-c2ccccc2)c1NC(=O)c1ccc(Cn2nc(C)c(Br)c2C)o1. The third kappa shape index (κ3) is 4.61. The molecular weight excluding hydrogens is 490 g/mol. The van der Waals surface area contributed by atoms with Gasteiger partial charge in [-0.15, -0.1) is 0 Å². The molecule has 10 heteroatoms. The second kappa shape index (κ2) is 9.45. The van der Waals surface area contributed by atoms with Crippen LogP contribution in [-0.4, -0.2) is 38.0 Å². The number of hydrogen-bond acceptors (Lipinski definition) is 6. The minimum atomic E-state index is -0.579. The number of esters is 1. The summed E-state index contributed by atoms with van der Waals surface area (Å²) in [6.07, 6.45) is 1.37. The predicted molar refractivity (Wildman–Crippen MR) is 125 cm³/mol. The number of nitrogens with zero attached hydrogens (tertiary/aromatic N) is 4. The summed E-state index contributed by atoms with van der Waals surface area (Å²) in [6.45, 7) is 6.14. The largest absolute Gasteiger partial charge is 0.462 e. The van der Waals surface area contributed by atoms with E-state index in [0.29, 0.717) is 18.0 Å². The minimum Gasteiger partial charge on any atom is -0.462 e. The van der Waals surface area contributed by atoms with Crippen molar-refractivity contribution in [3.05, 3.63) is 81.6 Å². The number of ether oxygens (including phenoxy) is 1. The number of nitrogens with one attached hydrogen (secondary N) is 1. The normalized spacial score (nSPS) is 10.9. The fourth-order valence-electron chi connectivity index (χ4n) is 3.32. The summed E-state index contributed by atoms with van der Waals surface area (Å²) in [4.78, 5) is 25.4. The number of benzene rings is 1. The van der Waals surface area contributed by atoms with Crippen molar-refractivity contribution < 1.29 is 18.7 Å². The molecule has 0 aliphatic carbocycles. The lowest BCUT2D eigenvalue weighted by Gasteiger charge is -2.10. The first kappa shape index (κ1) is 22.5. The molecule has 0 unspecified atom stereocenters. The maximum absolute atomic E-state index is 13.0. The van der Waals surface area contributed by atoms with Crippen LogP contribution in [0, 0.1) is 13.8 Å². The van der Waals surface area contributed by atoms with Gasteiger partial charge in [0.25, 0.3) is 5.91 Å². The highest BCUT2D eigenvalue weighted by atomic mass is 79.9. The third-order valence-corrected chi connectivity index (χ3v) is 6.13. The molecule has 0 radical (unpaired) electrons. The quantitative estimate of drug-likeness (QED) is 0.366. The Bertz CT molecular complexity index is 1310. The first-order chi connectivity index (χ1) is 15.9. The van der Waals surface area contributed by atoms with Gasteiger partial charge in [0, 0.05) is 0 Å². The zero-order valence-electron chi connectivity index (χ0n) is 18.3. The van der Waals surface area contributed by atoms with E-state index in [1.165, 1.54) is 10.9 Å². The van der Waals surface area contributed by atoms with E-state index in [4.69, 9.17) is 9.15 Å². The fourth-order valence-corrected chi connectivity index (χ4v) is 3.61. The molecule has 0 fully saturated rings. The van der Waals surface area contributed by atoms with Gasteiger partial charge in [-0.05, 0) is 61.0 Å². The Morgan fingerprint density at radius 3 is 2.58 bits per heavy atom. The summed E-state index contributed by atoms with van der Waals surface area (Å²) >= 11 is 3.51. The molecule has 9 nitrogen and oxygen atoms in total. The maximum atomic E-state index is 13.0. The molecule has 0 aliphatic heterocycles. The number of rotatable bonds is 7. The molecule has 0 saturated carbocycles. The molecule has 33 heavy (non-hydrogen) atoms. The molecule has 1 amide bonds. The number of carbonyl (C=O) groups excluding carboxylic acids is 2. The number of para-hydroxylation sites is 1. The molecule has 1 N–H and O–H groups in total. The first-order valence-electron chi connectivity index (χ1n) is 10.3. The summed E-state index contributed by atoms with van der Waals surface area (Å²) in [5.74, 6) is -0.226. The van der Waals surface area contributed by atoms with Crippen LogP contribution >= 0.6 is 15.9 Å². The number of furan rings is 1. The Morgan fingerprint density at radius 1 is 1.15 bits per heavy atom. The van der Waals surface area contributed by atoms with Crippen LogP contribution in [0.15, 0.2) is 57.6 Å². The van der Waals surface area contributed by atoms with Gasteiger partial charge in [-0.3, -0.25) is 9.48 Å². The van der Waals surface area contributed by atoms with Crippen LogP contribution in [0.25, 0.3) is 5.69 Å². The van der Waals surface area contributed by atoms with Gasteiger partial charge in [0.2, 0.25) is 0 Å². The van der Waals surface area contributed by atoms with Crippen molar-refractivity contribution in [1.82, 2.24) is 19.6 Å². The van der Waals surface area contributed by atoms with Gasteiger partial charge >= 0.3 is 5.97 Å². The molecule has 0 aliphatic rings. The monoisotopic (exact) mass is 511 g/mol. The van der Waals surface area contributed by atoms with Crippen LogP contribution in [0.5, 0.6) is 0 Å². The minimum absolute atomic E-state index is 0.0983. The van der Waals surface area contributed by atoms with Gasteiger partial charge in [0.05, 0.1) is 40.9 Å². The van der Waals surface area contributed by atoms with E-state index in [1.807, 2.05) is 44.2 Å². The van der Waals surface area contributed by atoms with Gasteiger partial charge in [-0.1, -0.05) is 18.2 Å². The Kier molecular flexibility index (Phi) is 6.45. The molecule has 4 aromatic rings. The number of aryl methyl sites for hydroxylation is 1. The van der Waals surface area contributed by atoms with E-state index in [0.717, 1.165) is 15.9 Å². The third-order valence-electron chi connectivity index (χ3n) is 4.98. The maximum Gasteiger partial charge on any atom is 0.343 e. The van der Waals surface area contributed by atoms with E-state index in [-0.39, 0.29) is 23.7 Å². The number of halogens is 1. The molecule has 3 heterocycles. The molecule has 1 aromatic carbocycles. The van der Waals surface area contributed by atoms with E-state index in [9.17, 15) is 9.59 Å². The average molecular weight is 512 g/mol. The Hall–Kier alpha value is -3.66. The van der Waals surface area contributed by atoms with Crippen LogP contribution in [0.4, 0.5) is 5.82 Å². The number of amides is 1. The molecular formula is C23H22BrN5O4. The summed E-state index contributed by atoms with van der Waals surface area (Å²) in [5, 5.41) is 11.5. The van der Waals surface area contributed by atoms with Gasteiger partial charge in [0.15, 0.2) is 11.6 Å². The summed E-state index contributed by atoms with van der Waals surface area (Å²) < 4.78 is 15.1. The van der Waals surface area contributed by atoms with Crippen molar-refractivity contribution >= 4 is 33.6 Å². The van der Waals surface area contributed by atoms with Gasteiger partial charge < -0.3 is 14.5 Å². The lowest BCUT2D eigenvalue weighted by Crippen LogP contribution is -2.17. The molecule has 0 saturated heterocycles. The Balaban J connectivity index is 1.60. The second-order valence-corrected chi connectivity index (χ2v) is 8.03. The Morgan fingerprint density at radius 2 is 1.91 bits per heavy atom. The average Bonchev–Trinajstić information content (AvgIpc) is 3.50. The molecule has 4 rings (SSSR count). The smallest absolute Gasteiger partial charge is 0.343 e. The van der Waals surface area contributed by atoms with Crippen LogP contribution in [-0.2, 0) is 11.3 Å². The van der Waals surface area contributed by atoms with E-state index in [1.54, 1.807) is 23.7 Å². The van der Waals surface area contributed by atoms with Crippen molar-refractivity contribution in [2.24, 2.45) is 0 Å². The topological polar surface area (TPSA) is 104 Å². The van der Waals surface area contributed by atoms with Crippen molar-refractivity contribution in [3.8, 4) is 5.69 Å². The number of carbonyl (C=O) groups is 2. The highest BCUT2D eigenvalue weighted by Crippen LogP contribution is 2.24. The van der Waals surface area contributed by atoms with Crippen molar-refractivity contribution in [3.63, 3.8) is 0 Å². The first-order valence-corrected chi connectivity index (χ1v) is 11.1. The van der Waals surface area contributed by atoms with Gasteiger partial charge in [-0.25, -0.2) is 9.48 Å². The van der Waals surface area contributed by atoms with Crippen LogP contribution in [0.2, 0.25) is 0 Å². The molecule has 170 valence electrons. The zero-order chi connectivity index (χ0) is 23.5. The molecule has 0 spiro atoms. The lowest BCUT2D eigenvalue weighted by atomic mass is 10.3. The standard InChI is InChI=1S/C23H22BrN5O4/c1-4-32-23(31)18-12-25-29(16-8-6-5-7-9-16)21(18)26-22(30)19-11-10-17(33-19)13-28-15(3)20(24)14(2)27-28/h5-12H,4,13H2,1-3H3,(H,26,30). The summed E-state index contributed by atoms with van der Waals surface area (Å²) in [7, 11) is 0. The summed E-state index contributed by atoms with van der Waals surface area (Å²) in [5.41, 5.74) is 2.66.